The highest BCUT2D eigenvalue weighted by Crippen LogP contribution is 2.28. The van der Waals surface area contributed by atoms with Gasteiger partial charge >= 0.3 is 0 Å². The molecule has 0 saturated heterocycles. The number of ether oxygens (including phenoxy) is 2. The molecule has 0 aliphatic rings. The molecule has 3 nitrogen and oxygen atoms in total. The van der Waals surface area contributed by atoms with Crippen molar-refractivity contribution in [2.75, 3.05) is 14.2 Å². The van der Waals surface area contributed by atoms with Gasteiger partial charge < -0.3 is 9.47 Å². The Morgan fingerprint density at radius 2 is 1.41 bits per heavy atom. The maximum atomic E-state index is 12.8. The largest absolute Gasteiger partial charge is 0.497 e. The fourth-order valence-electron chi connectivity index (χ4n) is 2.53. The third kappa shape index (κ3) is 3.67. The number of rotatable bonds is 7. The van der Waals surface area contributed by atoms with E-state index in [9.17, 15) is 4.79 Å². The first kappa shape index (κ1) is 16.1. The highest BCUT2D eigenvalue weighted by molar-refractivity contribution is 6.01. The van der Waals surface area contributed by atoms with Crippen molar-refractivity contribution in [3.63, 3.8) is 0 Å². The zero-order valence-corrected chi connectivity index (χ0v) is 13.3. The third-order valence-electron chi connectivity index (χ3n) is 3.79. The second-order valence-corrected chi connectivity index (χ2v) is 5.21. The Morgan fingerprint density at radius 3 is 1.86 bits per heavy atom. The van der Waals surface area contributed by atoms with E-state index in [1.54, 1.807) is 14.2 Å². The van der Waals surface area contributed by atoms with Crippen LogP contribution in [0.1, 0.15) is 41.6 Å². The van der Waals surface area contributed by atoms with Crippen molar-refractivity contribution >= 4 is 5.78 Å². The van der Waals surface area contributed by atoms with E-state index < -0.39 is 0 Å². The van der Waals surface area contributed by atoms with E-state index in [2.05, 4.69) is 6.92 Å². The van der Waals surface area contributed by atoms with E-state index >= 15 is 0 Å². The Labute approximate surface area is 131 Å². The van der Waals surface area contributed by atoms with E-state index in [1.807, 2.05) is 48.5 Å². The first-order chi connectivity index (χ1) is 10.7. The maximum absolute atomic E-state index is 12.8. The van der Waals surface area contributed by atoms with Crippen LogP contribution in [0.25, 0.3) is 0 Å². The summed E-state index contributed by atoms with van der Waals surface area (Å²) in [5, 5.41) is 0. The van der Waals surface area contributed by atoms with Gasteiger partial charge in [0.2, 0.25) is 0 Å². The minimum atomic E-state index is -0.121. The lowest BCUT2D eigenvalue weighted by Gasteiger charge is -2.16. The van der Waals surface area contributed by atoms with Gasteiger partial charge in [0, 0.05) is 11.5 Å². The predicted octanol–water partition coefficient (Wildman–Crippen LogP) is 4.47. The lowest BCUT2D eigenvalue weighted by molar-refractivity contribution is 0.0954. The van der Waals surface area contributed by atoms with Gasteiger partial charge in [0.15, 0.2) is 5.78 Å². The molecular weight excluding hydrogens is 276 g/mol. The lowest BCUT2D eigenvalue weighted by atomic mass is 9.87. The van der Waals surface area contributed by atoms with Crippen molar-refractivity contribution in [3.8, 4) is 11.5 Å². The normalized spacial score (nSPS) is 11.8. The minimum absolute atomic E-state index is 0.121. The van der Waals surface area contributed by atoms with Gasteiger partial charge in [-0.15, -0.1) is 0 Å². The second-order valence-electron chi connectivity index (χ2n) is 5.21. The Balaban J connectivity index is 2.26. The van der Waals surface area contributed by atoms with Gasteiger partial charge in [-0.05, 0) is 48.4 Å². The Hall–Kier alpha value is -2.29. The van der Waals surface area contributed by atoms with Gasteiger partial charge in [-0.1, -0.05) is 25.5 Å². The third-order valence-corrected chi connectivity index (χ3v) is 3.79. The second kappa shape index (κ2) is 7.64. The van der Waals surface area contributed by atoms with E-state index in [0.717, 1.165) is 35.5 Å². The number of benzene rings is 2. The van der Waals surface area contributed by atoms with Crippen LogP contribution in [-0.2, 0) is 0 Å². The number of methoxy groups -OCH3 is 2. The number of carbonyl (C=O) groups excluding carboxylic acids is 1. The highest BCUT2D eigenvalue weighted by atomic mass is 16.5. The number of Topliss-reactive ketones (excluding diaryl/α,β-unsaturated/α-hetero) is 1. The molecule has 2 aromatic rings. The van der Waals surface area contributed by atoms with Crippen molar-refractivity contribution in [2.45, 2.75) is 25.7 Å². The summed E-state index contributed by atoms with van der Waals surface area (Å²) in [5.41, 5.74) is 1.75. The summed E-state index contributed by atoms with van der Waals surface area (Å²) in [5.74, 6) is 1.59. The van der Waals surface area contributed by atoms with Crippen LogP contribution < -0.4 is 9.47 Å². The first-order valence-corrected chi connectivity index (χ1v) is 7.51. The fourth-order valence-corrected chi connectivity index (χ4v) is 2.53. The summed E-state index contributed by atoms with van der Waals surface area (Å²) in [6, 6.07) is 15.1. The smallest absolute Gasteiger partial charge is 0.170 e. The van der Waals surface area contributed by atoms with E-state index in [1.165, 1.54) is 0 Å². The molecular formula is C19H22O3. The quantitative estimate of drug-likeness (QED) is 0.707. The van der Waals surface area contributed by atoms with E-state index in [0.29, 0.717) is 0 Å². The van der Waals surface area contributed by atoms with Crippen LogP contribution in [0.3, 0.4) is 0 Å². The van der Waals surface area contributed by atoms with Crippen LogP contribution in [0, 0.1) is 0 Å². The molecule has 0 radical (unpaired) electrons. The Bertz CT molecular complexity index is 600. The molecule has 0 saturated carbocycles. The van der Waals surface area contributed by atoms with Crippen molar-refractivity contribution < 1.29 is 14.3 Å². The molecule has 22 heavy (non-hydrogen) atoms. The SMILES string of the molecule is CCC[C@@H](C(=O)c1ccc(OC)cc1)c1ccc(OC)cc1. The van der Waals surface area contributed by atoms with E-state index in [-0.39, 0.29) is 11.7 Å². The van der Waals surface area contributed by atoms with Crippen molar-refractivity contribution in [2.24, 2.45) is 0 Å². The van der Waals surface area contributed by atoms with Gasteiger partial charge in [-0.2, -0.15) is 0 Å². The maximum Gasteiger partial charge on any atom is 0.170 e. The van der Waals surface area contributed by atoms with Crippen LogP contribution in [0.2, 0.25) is 0 Å². The van der Waals surface area contributed by atoms with Crippen LogP contribution in [0.4, 0.5) is 0 Å². The molecule has 2 aromatic carbocycles. The molecule has 2 rings (SSSR count). The van der Waals surface area contributed by atoms with Crippen LogP contribution in [0.5, 0.6) is 11.5 Å². The minimum Gasteiger partial charge on any atom is -0.497 e. The van der Waals surface area contributed by atoms with E-state index in [4.69, 9.17) is 9.47 Å². The standard InChI is InChI=1S/C19H22O3/c1-4-5-18(14-6-10-16(21-2)11-7-14)19(20)15-8-12-17(22-3)13-9-15/h6-13,18H,4-5H2,1-3H3/t18-/m1/s1. The average molecular weight is 298 g/mol. The van der Waals surface area contributed by atoms with Gasteiger partial charge in [0.1, 0.15) is 11.5 Å². The van der Waals surface area contributed by atoms with Gasteiger partial charge in [-0.3, -0.25) is 4.79 Å². The fraction of sp³-hybridized carbons (Fsp3) is 0.316. The molecule has 0 amide bonds. The molecule has 0 aliphatic carbocycles. The van der Waals surface area contributed by atoms with Crippen LogP contribution in [0.15, 0.2) is 48.5 Å². The van der Waals surface area contributed by atoms with Crippen LogP contribution >= 0.6 is 0 Å². The predicted molar refractivity (Wildman–Crippen MR) is 88.0 cm³/mol. The van der Waals surface area contributed by atoms with Gasteiger partial charge in [0.25, 0.3) is 0 Å². The number of hydrogen-bond donors (Lipinski definition) is 0. The van der Waals surface area contributed by atoms with Crippen molar-refractivity contribution in [1.82, 2.24) is 0 Å². The first-order valence-electron chi connectivity index (χ1n) is 7.51. The number of carbonyl (C=O) groups is 1. The zero-order chi connectivity index (χ0) is 15.9. The molecule has 3 heteroatoms. The summed E-state index contributed by atoms with van der Waals surface area (Å²) >= 11 is 0. The molecule has 0 aliphatic heterocycles. The molecule has 0 heterocycles. The number of ketones is 1. The molecule has 0 bridgehead atoms. The number of hydrogen-bond acceptors (Lipinski definition) is 3. The zero-order valence-electron chi connectivity index (χ0n) is 13.3. The average Bonchev–Trinajstić information content (AvgIpc) is 2.59. The van der Waals surface area contributed by atoms with Gasteiger partial charge in [-0.25, -0.2) is 0 Å². The van der Waals surface area contributed by atoms with Crippen LogP contribution in [-0.4, -0.2) is 20.0 Å². The molecule has 1 atom stereocenters. The molecule has 0 unspecified atom stereocenters. The molecule has 0 spiro atoms. The summed E-state index contributed by atoms with van der Waals surface area (Å²) in [7, 11) is 3.26. The van der Waals surface area contributed by atoms with Gasteiger partial charge in [0.05, 0.1) is 14.2 Å². The molecule has 0 aromatic heterocycles. The Kier molecular flexibility index (Phi) is 5.59. The summed E-state index contributed by atoms with van der Waals surface area (Å²) in [4.78, 5) is 12.8. The summed E-state index contributed by atoms with van der Waals surface area (Å²) in [6.45, 7) is 2.10. The van der Waals surface area contributed by atoms with Crippen molar-refractivity contribution in [1.29, 1.82) is 0 Å². The van der Waals surface area contributed by atoms with Crippen molar-refractivity contribution in [3.05, 3.63) is 59.7 Å². The summed E-state index contributed by atoms with van der Waals surface area (Å²) < 4.78 is 10.3. The molecule has 0 fully saturated rings. The lowest BCUT2D eigenvalue weighted by Crippen LogP contribution is -2.13. The monoisotopic (exact) mass is 298 g/mol. The molecule has 0 N–H and O–H groups in total. The topological polar surface area (TPSA) is 35.5 Å². The highest BCUT2D eigenvalue weighted by Gasteiger charge is 2.21. The molecule has 116 valence electrons. The summed E-state index contributed by atoms with van der Waals surface area (Å²) in [6.07, 6.45) is 1.79. The Morgan fingerprint density at radius 1 is 0.909 bits per heavy atom.